The minimum absolute atomic E-state index is 0.116. The first-order chi connectivity index (χ1) is 17.2. The van der Waals surface area contributed by atoms with Crippen molar-refractivity contribution in [1.82, 2.24) is 10.6 Å². The zero-order chi connectivity index (χ0) is 26.5. The summed E-state index contributed by atoms with van der Waals surface area (Å²) in [5.74, 6) is -0.538. The Bertz CT molecular complexity index is 1060. The van der Waals surface area contributed by atoms with Crippen LogP contribution in [0.15, 0.2) is 47.5 Å². The van der Waals surface area contributed by atoms with Gasteiger partial charge >= 0.3 is 5.97 Å². The molecule has 0 radical (unpaired) electrons. The number of amides is 2. The summed E-state index contributed by atoms with van der Waals surface area (Å²) >= 11 is 0. The minimum atomic E-state index is -0.738. The number of aliphatic imine (C=N–C) groups is 1. The lowest BCUT2D eigenvalue weighted by Crippen LogP contribution is -2.39. The van der Waals surface area contributed by atoms with E-state index >= 15 is 0 Å². The second-order valence-corrected chi connectivity index (χ2v) is 7.50. The molecular formula is C25H33N5O6. The van der Waals surface area contributed by atoms with Crippen LogP contribution >= 0.6 is 0 Å². The molecule has 0 fully saturated rings. The van der Waals surface area contributed by atoms with Crippen LogP contribution in [-0.2, 0) is 14.3 Å². The van der Waals surface area contributed by atoms with E-state index in [0.717, 1.165) is 0 Å². The lowest BCUT2D eigenvalue weighted by atomic mass is 10.0. The number of hydrogen-bond donors (Lipinski definition) is 4. The zero-order valence-electron chi connectivity index (χ0n) is 20.7. The number of nitrogens with one attached hydrogen (secondary N) is 2. The van der Waals surface area contributed by atoms with Crippen molar-refractivity contribution in [2.75, 3.05) is 26.4 Å². The number of carbonyl (C=O) groups excluding carboxylic acids is 3. The van der Waals surface area contributed by atoms with E-state index in [9.17, 15) is 14.4 Å². The van der Waals surface area contributed by atoms with Gasteiger partial charge in [0.05, 0.1) is 44.5 Å². The normalized spacial score (nSPS) is 11.1. The number of benzene rings is 2. The van der Waals surface area contributed by atoms with Crippen molar-refractivity contribution in [3.05, 3.63) is 53.6 Å². The molecule has 0 aromatic heterocycles. The van der Waals surface area contributed by atoms with E-state index in [-0.39, 0.29) is 31.1 Å². The molecule has 1 atom stereocenters. The van der Waals surface area contributed by atoms with Crippen molar-refractivity contribution in [3.8, 4) is 11.5 Å². The van der Waals surface area contributed by atoms with Gasteiger partial charge in [-0.3, -0.25) is 14.4 Å². The number of guanidine groups is 1. The van der Waals surface area contributed by atoms with Crippen LogP contribution in [0.3, 0.4) is 0 Å². The zero-order valence-corrected chi connectivity index (χ0v) is 20.7. The van der Waals surface area contributed by atoms with Gasteiger partial charge < -0.3 is 36.3 Å². The van der Waals surface area contributed by atoms with Crippen LogP contribution < -0.4 is 31.6 Å². The van der Waals surface area contributed by atoms with E-state index in [1.54, 1.807) is 43.3 Å². The molecule has 2 aromatic carbocycles. The molecule has 0 bridgehead atoms. The Hall–Kier alpha value is -4.28. The molecule has 11 nitrogen and oxygen atoms in total. The Morgan fingerprint density at radius 1 is 0.944 bits per heavy atom. The Morgan fingerprint density at radius 2 is 1.61 bits per heavy atom. The smallest absolute Gasteiger partial charge is 0.308 e. The first kappa shape index (κ1) is 28.0. The number of carbonyl (C=O) groups is 3. The lowest BCUT2D eigenvalue weighted by molar-refractivity contribution is -0.143. The Morgan fingerprint density at radius 3 is 2.19 bits per heavy atom. The van der Waals surface area contributed by atoms with Gasteiger partial charge in [0.2, 0.25) is 5.91 Å². The second-order valence-electron chi connectivity index (χ2n) is 7.50. The van der Waals surface area contributed by atoms with E-state index in [2.05, 4.69) is 15.6 Å². The monoisotopic (exact) mass is 499 g/mol. The summed E-state index contributed by atoms with van der Waals surface area (Å²) in [5, 5.41) is 5.34. The Balaban J connectivity index is 2.17. The molecule has 0 heterocycles. The highest BCUT2D eigenvalue weighted by Crippen LogP contribution is 2.29. The number of hydrogen-bond acceptors (Lipinski definition) is 7. The van der Waals surface area contributed by atoms with Crippen LogP contribution in [0.5, 0.6) is 11.5 Å². The van der Waals surface area contributed by atoms with Crippen molar-refractivity contribution >= 4 is 29.4 Å². The summed E-state index contributed by atoms with van der Waals surface area (Å²) in [7, 11) is 0. The molecule has 2 amide bonds. The highest BCUT2D eigenvalue weighted by molar-refractivity contribution is 5.97. The predicted octanol–water partition coefficient (Wildman–Crippen LogP) is 1.93. The van der Waals surface area contributed by atoms with Crippen LogP contribution in [-0.4, -0.2) is 50.1 Å². The van der Waals surface area contributed by atoms with Crippen LogP contribution in [0.25, 0.3) is 0 Å². The molecule has 6 N–H and O–H groups in total. The van der Waals surface area contributed by atoms with Gasteiger partial charge in [-0.05, 0) is 56.7 Å². The summed E-state index contributed by atoms with van der Waals surface area (Å²) in [6.07, 6.45) is -0.116. The predicted molar refractivity (Wildman–Crippen MR) is 135 cm³/mol. The first-order valence-electron chi connectivity index (χ1n) is 11.6. The largest absolute Gasteiger partial charge is 0.494 e. The van der Waals surface area contributed by atoms with Crippen molar-refractivity contribution < 1.29 is 28.6 Å². The Kier molecular flexibility index (Phi) is 11.0. The number of rotatable bonds is 13. The van der Waals surface area contributed by atoms with E-state index in [1.807, 2.05) is 13.8 Å². The van der Waals surface area contributed by atoms with Crippen molar-refractivity contribution in [1.29, 1.82) is 0 Å². The molecule has 194 valence electrons. The maximum Gasteiger partial charge on any atom is 0.308 e. The molecule has 0 spiro atoms. The van der Waals surface area contributed by atoms with E-state index in [1.165, 1.54) is 6.07 Å². The second kappa shape index (κ2) is 14.2. The van der Waals surface area contributed by atoms with Crippen LogP contribution in [0, 0.1) is 0 Å². The van der Waals surface area contributed by atoms with Gasteiger partial charge in [-0.15, -0.1) is 0 Å². The molecule has 1 unspecified atom stereocenters. The van der Waals surface area contributed by atoms with Crippen molar-refractivity contribution in [3.63, 3.8) is 0 Å². The van der Waals surface area contributed by atoms with Crippen LogP contribution in [0.1, 0.15) is 49.2 Å². The van der Waals surface area contributed by atoms with Crippen molar-refractivity contribution in [2.45, 2.75) is 33.2 Å². The molecule has 0 aliphatic heterocycles. The highest BCUT2D eigenvalue weighted by atomic mass is 16.5. The fourth-order valence-corrected chi connectivity index (χ4v) is 3.31. The fraction of sp³-hybridized carbons (Fsp3) is 0.360. The van der Waals surface area contributed by atoms with Gasteiger partial charge in [-0.1, -0.05) is 6.07 Å². The van der Waals surface area contributed by atoms with Gasteiger partial charge in [0.15, 0.2) is 5.96 Å². The quantitative estimate of drug-likeness (QED) is 0.184. The number of ether oxygens (including phenoxy) is 3. The fourth-order valence-electron chi connectivity index (χ4n) is 3.31. The molecule has 36 heavy (non-hydrogen) atoms. The Labute approximate surface area is 210 Å². The topological polar surface area (TPSA) is 167 Å². The number of esters is 1. The third-order valence-corrected chi connectivity index (χ3v) is 4.71. The average molecular weight is 500 g/mol. The number of nitrogens with zero attached hydrogens (tertiary/aromatic N) is 1. The van der Waals surface area contributed by atoms with E-state index < -0.39 is 23.8 Å². The van der Waals surface area contributed by atoms with Crippen LogP contribution in [0.4, 0.5) is 5.69 Å². The average Bonchev–Trinajstić information content (AvgIpc) is 2.82. The maximum atomic E-state index is 12.7. The highest BCUT2D eigenvalue weighted by Gasteiger charge is 2.21. The molecule has 0 saturated carbocycles. The summed E-state index contributed by atoms with van der Waals surface area (Å²) < 4.78 is 16.3. The lowest BCUT2D eigenvalue weighted by Gasteiger charge is -2.20. The summed E-state index contributed by atoms with van der Waals surface area (Å²) in [6.45, 7) is 6.14. The van der Waals surface area contributed by atoms with Gasteiger partial charge in [0.25, 0.3) is 5.91 Å². The molecule has 2 aromatic rings. The molecule has 0 aliphatic rings. The van der Waals surface area contributed by atoms with Gasteiger partial charge in [0, 0.05) is 11.6 Å². The van der Waals surface area contributed by atoms with E-state index in [4.69, 9.17) is 25.7 Å². The molecule has 2 rings (SSSR count). The molecule has 0 aliphatic carbocycles. The summed E-state index contributed by atoms with van der Waals surface area (Å²) in [6, 6.07) is 10.8. The summed E-state index contributed by atoms with van der Waals surface area (Å²) in [4.78, 5) is 41.4. The molecule has 0 saturated heterocycles. The first-order valence-corrected chi connectivity index (χ1v) is 11.6. The SMILES string of the molecule is CCOC(=O)CC(NC(=O)CNC(=O)c1cccc(N=C(N)N)c1)c1cc(OCC)cc(OCC)c1. The van der Waals surface area contributed by atoms with Gasteiger partial charge in [-0.25, -0.2) is 4.99 Å². The minimum Gasteiger partial charge on any atom is -0.494 e. The summed E-state index contributed by atoms with van der Waals surface area (Å²) in [5.41, 5.74) is 12.0. The van der Waals surface area contributed by atoms with Crippen molar-refractivity contribution in [2.24, 2.45) is 16.5 Å². The third-order valence-electron chi connectivity index (χ3n) is 4.71. The maximum absolute atomic E-state index is 12.7. The molecule has 11 heteroatoms. The standard InChI is InChI=1S/C25H33N5O6/c1-4-34-19-11-17(12-20(13-19)35-5-2)21(14-23(32)36-6-3)30-22(31)15-28-24(33)16-8-7-9-18(10-16)29-25(26)27/h7-13,21H,4-6,14-15H2,1-3H3,(H,28,33)(H,30,31)(H4,26,27,29). The van der Waals surface area contributed by atoms with Crippen LogP contribution in [0.2, 0.25) is 0 Å². The van der Waals surface area contributed by atoms with E-state index in [0.29, 0.717) is 36.0 Å². The number of nitrogens with two attached hydrogens (primary N) is 2. The third kappa shape index (κ3) is 9.16. The van der Waals surface area contributed by atoms with Gasteiger partial charge in [-0.2, -0.15) is 0 Å². The van der Waals surface area contributed by atoms with Gasteiger partial charge in [0.1, 0.15) is 11.5 Å². The molecular weight excluding hydrogens is 466 g/mol.